The fraction of sp³-hybridized carbons (Fsp3) is 0.533. The van der Waals surface area contributed by atoms with E-state index in [0.717, 1.165) is 0 Å². The molecule has 0 saturated carbocycles. The van der Waals surface area contributed by atoms with E-state index in [-0.39, 0.29) is 16.5 Å². The topological polar surface area (TPSA) is 92.6 Å². The summed E-state index contributed by atoms with van der Waals surface area (Å²) in [6.07, 6.45) is 0.654. The molecule has 1 aliphatic heterocycles. The van der Waals surface area contributed by atoms with Crippen LogP contribution in [-0.2, 0) is 10.8 Å². The molecule has 1 atom stereocenters. The highest BCUT2D eigenvalue weighted by Gasteiger charge is 2.31. The van der Waals surface area contributed by atoms with Crippen LogP contribution in [0.1, 0.15) is 25.8 Å². The fourth-order valence-corrected chi connectivity index (χ4v) is 3.71. The van der Waals surface area contributed by atoms with Gasteiger partial charge in [0.2, 0.25) is 0 Å². The van der Waals surface area contributed by atoms with Crippen molar-refractivity contribution in [3.63, 3.8) is 0 Å². The Morgan fingerprint density at radius 2 is 2.09 bits per heavy atom. The molecule has 0 radical (unpaired) electrons. The van der Waals surface area contributed by atoms with Crippen molar-refractivity contribution in [2.45, 2.75) is 31.9 Å². The molecule has 0 unspecified atom stereocenters. The van der Waals surface area contributed by atoms with Crippen LogP contribution in [0, 0.1) is 17.0 Å². The first-order valence-corrected chi connectivity index (χ1v) is 8.72. The predicted octanol–water partition coefficient (Wildman–Crippen LogP) is 2.67. The standard InChI is InChI=1S/C15H21N3O4S/c1-11-12(5-4-6-13(11)18(20)21)16-14(19)17-8-7-15(2,3)23(22)10-9-17/h4-6H,7-10H2,1-3H3,(H,16,19)/t23-/m1/s1. The summed E-state index contributed by atoms with van der Waals surface area (Å²) in [6, 6.07) is 4.27. The molecule has 1 heterocycles. The monoisotopic (exact) mass is 339 g/mol. The molecule has 1 aromatic carbocycles. The molecule has 1 aliphatic rings. The Balaban J connectivity index is 2.12. The second-order valence-electron chi connectivity index (χ2n) is 6.18. The molecule has 23 heavy (non-hydrogen) atoms. The van der Waals surface area contributed by atoms with Crippen molar-refractivity contribution in [1.29, 1.82) is 0 Å². The number of carbonyl (C=O) groups is 1. The van der Waals surface area contributed by atoms with E-state index in [1.165, 1.54) is 6.07 Å². The largest absolute Gasteiger partial charge is 0.324 e. The third kappa shape index (κ3) is 3.87. The van der Waals surface area contributed by atoms with Gasteiger partial charge in [-0.2, -0.15) is 0 Å². The highest BCUT2D eigenvalue weighted by Crippen LogP contribution is 2.26. The number of amides is 2. The van der Waals surface area contributed by atoms with Gasteiger partial charge in [0.15, 0.2) is 0 Å². The van der Waals surface area contributed by atoms with Crippen LogP contribution in [0.4, 0.5) is 16.2 Å². The quantitative estimate of drug-likeness (QED) is 0.662. The summed E-state index contributed by atoms with van der Waals surface area (Å²) in [5.74, 6) is 0.439. The second-order valence-corrected chi connectivity index (χ2v) is 8.39. The molecule has 0 aliphatic carbocycles. The van der Waals surface area contributed by atoms with Crippen LogP contribution in [0.3, 0.4) is 0 Å². The Bertz CT molecular complexity index is 660. The minimum absolute atomic E-state index is 0.0269. The van der Waals surface area contributed by atoms with E-state index >= 15 is 0 Å². The van der Waals surface area contributed by atoms with Crippen molar-refractivity contribution in [2.75, 3.05) is 24.2 Å². The predicted molar refractivity (Wildman–Crippen MR) is 90.1 cm³/mol. The molecule has 0 bridgehead atoms. The van der Waals surface area contributed by atoms with Gasteiger partial charge in [-0.1, -0.05) is 6.07 Å². The molecule has 8 heteroatoms. The average Bonchev–Trinajstić information content (AvgIpc) is 2.60. The molecule has 0 spiro atoms. The van der Waals surface area contributed by atoms with E-state index in [1.54, 1.807) is 24.0 Å². The summed E-state index contributed by atoms with van der Waals surface area (Å²) < 4.78 is 11.8. The maximum atomic E-state index is 12.4. The Morgan fingerprint density at radius 1 is 1.39 bits per heavy atom. The number of rotatable bonds is 2. The van der Waals surface area contributed by atoms with E-state index < -0.39 is 15.7 Å². The highest BCUT2D eigenvalue weighted by atomic mass is 32.2. The maximum Gasteiger partial charge on any atom is 0.321 e. The SMILES string of the molecule is Cc1c(NC(=O)N2CC[S@@](=O)C(C)(C)CC2)cccc1[N+](=O)[O-]. The fourth-order valence-electron chi connectivity index (χ4n) is 2.45. The van der Waals surface area contributed by atoms with Crippen LogP contribution in [0.25, 0.3) is 0 Å². The zero-order chi connectivity index (χ0) is 17.2. The summed E-state index contributed by atoms with van der Waals surface area (Å²) in [5.41, 5.74) is 0.819. The number of urea groups is 1. The zero-order valence-electron chi connectivity index (χ0n) is 13.5. The third-order valence-electron chi connectivity index (χ3n) is 4.18. The number of hydrogen-bond donors (Lipinski definition) is 1. The first-order chi connectivity index (χ1) is 10.7. The maximum absolute atomic E-state index is 12.4. The number of benzene rings is 1. The van der Waals surface area contributed by atoms with E-state index in [2.05, 4.69) is 5.32 Å². The molecule has 7 nitrogen and oxygen atoms in total. The van der Waals surface area contributed by atoms with Gasteiger partial charge in [-0.3, -0.25) is 14.3 Å². The van der Waals surface area contributed by atoms with Gasteiger partial charge in [-0.15, -0.1) is 0 Å². The lowest BCUT2D eigenvalue weighted by atomic mass is 10.1. The molecule has 0 aromatic heterocycles. The number of carbonyl (C=O) groups excluding carboxylic acids is 1. The molecule has 2 amide bonds. The molecule has 1 N–H and O–H groups in total. The third-order valence-corrected chi connectivity index (χ3v) is 6.17. The van der Waals surface area contributed by atoms with Crippen molar-refractivity contribution in [3.05, 3.63) is 33.9 Å². The van der Waals surface area contributed by atoms with Gasteiger partial charge < -0.3 is 10.2 Å². The average molecular weight is 339 g/mol. The van der Waals surface area contributed by atoms with Gasteiger partial charge in [-0.05, 0) is 33.3 Å². The Labute approximate surface area is 137 Å². The number of nitro benzene ring substituents is 1. The number of nitrogens with one attached hydrogen (secondary N) is 1. The zero-order valence-corrected chi connectivity index (χ0v) is 14.3. The second kappa shape index (κ2) is 6.66. The van der Waals surface area contributed by atoms with Gasteiger partial charge in [-0.25, -0.2) is 4.79 Å². The van der Waals surface area contributed by atoms with Crippen LogP contribution < -0.4 is 5.32 Å². The van der Waals surface area contributed by atoms with Gasteiger partial charge in [0.1, 0.15) is 0 Å². The number of hydrogen-bond acceptors (Lipinski definition) is 4. The van der Waals surface area contributed by atoms with Crippen LogP contribution in [-0.4, -0.2) is 43.7 Å². The van der Waals surface area contributed by atoms with E-state index in [9.17, 15) is 19.1 Å². The van der Waals surface area contributed by atoms with Crippen molar-refractivity contribution >= 4 is 28.2 Å². The summed E-state index contributed by atoms with van der Waals surface area (Å²) in [6.45, 7) is 6.41. The van der Waals surface area contributed by atoms with Gasteiger partial charge in [0, 0.05) is 40.5 Å². The Morgan fingerprint density at radius 3 is 2.74 bits per heavy atom. The highest BCUT2D eigenvalue weighted by molar-refractivity contribution is 7.86. The first kappa shape index (κ1) is 17.4. The van der Waals surface area contributed by atoms with Crippen molar-refractivity contribution in [3.8, 4) is 0 Å². The van der Waals surface area contributed by atoms with Crippen LogP contribution in [0.2, 0.25) is 0 Å². The van der Waals surface area contributed by atoms with E-state index in [0.29, 0.717) is 36.5 Å². The number of nitrogens with zero attached hydrogens (tertiary/aromatic N) is 2. The summed E-state index contributed by atoms with van der Waals surface area (Å²) in [7, 11) is -0.977. The summed E-state index contributed by atoms with van der Waals surface area (Å²) in [4.78, 5) is 24.5. The lowest BCUT2D eigenvalue weighted by molar-refractivity contribution is -0.385. The molecule has 1 saturated heterocycles. The Kier molecular flexibility index (Phi) is 5.03. The normalized spacial score (nSPS) is 20.7. The van der Waals surface area contributed by atoms with Gasteiger partial charge >= 0.3 is 6.03 Å². The number of anilines is 1. The van der Waals surface area contributed by atoms with E-state index in [4.69, 9.17) is 0 Å². The minimum Gasteiger partial charge on any atom is -0.324 e. The van der Waals surface area contributed by atoms with Gasteiger partial charge in [0.05, 0.1) is 16.2 Å². The molecule has 1 fully saturated rings. The van der Waals surface area contributed by atoms with Crippen LogP contribution >= 0.6 is 0 Å². The summed E-state index contributed by atoms with van der Waals surface area (Å²) in [5, 5.41) is 13.7. The van der Waals surface area contributed by atoms with Gasteiger partial charge in [0.25, 0.3) is 5.69 Å². The molecule has 126 valence electrons. The molecular formula is C15H21N3O4S. The van der Waals surface area contributed by atoms with E-state index in [1.807, 2.05) is 13.8 Å². The van der Waals surface area contributed by atoms with Crippen LogP contribution in [0.15, 0.2) is 18.2 Å². The molecular weight excluding hydrogens is 318 g/mol. The molecule has 1 aromatic rings. The molecule has 2 rings (SSSR count). The lowest BCUT2D eigenvalue weighted by Gasteiger charge is -2.23. The lowest BCUT2D eigenvalue weighted by Crippen LogP contribution is -2.37. The van der Waals surface area contributed by atoms with Crippen molar-refractivity contribution < 1.29 is 13.9 Å². The Hall–Kier alpha value is -1.96. The number of nitro groups is 1. The van der Waals surface area contributed by atoms with Crippen molar-refractivity contribution in [2.24, 2.45) is 0 Å². The first-order valence-electron chi connectivity index (χ1n) is 7.41. The minimum atomic E-state index is -0.977. The smallest absolute Gasteiger partial charge is 0.321 e. The van der Waals surface area contributed by atoms with Crippen LogP contribution in [0.5, 0.6) is 0 Å². The van der Waals surface area contributed by atoms with Crippen molar-refractivity contribution in [1.82, 2.24) is 4.90 Å². The summed E-state index contributed by atoms with van der Waals surface area (Å²) >= 11 is 0.